The molecule has 0 aromatic heterocycles. The van der Waals surface area contributed by atoms with Gasteiger partial charge in [0.05, 0.1) is 0 Å². The smallest absolute Gasteiger partial charge is 0.330 e. The van der Waals surface area contributed by atoms with Crippen molar-refractivity contribution in [1.29, 1.82) is 0 Å². The van der Waals surface area contributed by atoms with Crippen molar-refractivity contribution in [2.45, 2.75) is 25.8 Å². The zero-order valence-electron chi connectivity index (χ0n) is 11.1. The van der Waals surface area contributed by atoms with Crippen molar-refractivity contribution < 1.29 is 19.1 Å². The van der Waals surface area contributed by atoms with Crippen LogP contribution in [-0.4, -0.2) is 30.4 Å². The Labute approximate surface area is 116 Å². The first kappa shape index (κ1) is 14.0. The first-order valence-electron chi connectivity index (χ1n) is 6.39. The minimum absolute atomic E-state index is 0.146. The van der Waals surface area contributed by atoms with Crippen LogP contribution in [0.5, 0.6) is 5.75 Å². The van der Waals surface area contributed by atoms with Gasteiger partial charge in [-0.1, -0.05) is 12.1 Å². The highest BCUT2D eigenvalue weighted by Gasteiger charge is 2.27. The van der Waals surface area contributed by atoms with Gasteiger partial charge < -0.3 is 15.4 Å². The summed E-state index contributed by atoms with van der Waals surface area (Å²) in [4.78, 5) is 34.2. The summed E-state index contributed by atoms with van der Waals surface area (Å²) in [6, 6.07) is 6.53. The van der Waals surface area contributed by atoms with Gasteiger partial charge in [0.25, 0.3) is 0 Å². The molecular formula is C14H16N2O4. The number of carbonyl (C=O) groups excluding carboxylic acids is 3. The highest BCUT2D eigenvalue weighted by Crippen LogP contribution is 2.12. The molecule has 0 saturated carbocycles. The topological polar surface area (TPSA) is 84.5 Å². The fourth-order valence-electron chi connectivity index (χ4n) is 1.94. The number of aryl methyl sites for hydroxylation is 1. The van der Waals surface area contributed by atoms with Gasteiger partial charge in [0.2, 0.25) is 11.8 Å². The quantitative estimate of drug-likeness (QED) is 0.611. The molecule has 2 N–H and O–H groups in total. The third-order valence-corrected chi connectivity index (χ3v) is 2.94. The molecule has 6 heteroatoms. The van der Waals surface area contributed by atoms with E-state index in [0.717, 1.165) is 5.56 Å². The van der Waals surface area contributed by atoms with Gasteiger partial charge in [-0.25, -0.2) is 4.79 Å². The van der Waals surface area contributed by atoms with Gasteiger partial charge in [-0.05, 0) is 31.0 Å². The molecule has 0 radical (unpaired) electrons. The lowest BCUT2D eigenvalue weighted by Crippen LogP contribution is -2.44. The second-order valence-electron chi connectivity index (χ2n) is 4.67. The van der Waals surface area contributed by atoms with Crippen LogP contribution in [0, 0.1) is 6.92 Å². The molecule has 1 aliphatic heterocycles. The second-order valence-corrected chi connectivity index (χ2v) is 4.67. The molecule has 1 aliphatic rings. The van der Waals surface area contributed by atoms with E-state index in [2.05, 4.69) is 10.6 Å². The summed E-state index contributed by atoms with van der Waals surface area (Å²) >= 11 is 0. The van der Waals surface area contributed by atoms with Gasteiger partial charge in [-0.2, -0.15) is 0 Å². The molecule has 1 fully saturated rings. The Morgan fingerprint density at radius 3 is 2.90 bits per heavy atom. The summed E-state index contributed by atoms with van der Waals surface area (Å²) in [6.07, 6.45) is 0.795. The van der Waals surface area contributed by atoms with Crippen molar-refractivity contribution in [3.05, 3.63) is 29.8 Å². The van der Waals surface area contributed by atoms with E-state index >= 15 is 0 Å². The molecule has 1 aromatic rings. The lowest BCUT2D eigenvalue weighted by Gasteiger charge is -2.10. The van der Waals surface area contributed by atoms with Gasteiger partial charge in [0.15, 0.2) is 0 Å². The van der Waals surface area contributed by atoms with Crippen molar-refractivity contribution >= 4 is 17.8 Å². The number of esters is 1. The third kappa shape index (κ3) is 3.81. The lowest BCUT2D eigenvalue weighted by atomic mass is 10.2. The van der Waals surface area contributed by atoms with E-state index in [9.17, 15) is 14.4 Å². The molecule has 0 bridgehead atoms. The summed E-state index contributed by atoms with van der Waals surface area (Å²) in [5.41, 5.74) is 0.980. The minimum Gasteiger partial charge on any atom is -0.425 e. The van der Waals surface area contributed by atoms with Crippen LogP contribution < -0.4 is 15.4 Å². The van der Waals surface area contributed by atoms with Gasteiger partial charge >= 0.3 is 5.97 Å². The fourth-order valence-corrected chi connectivity index (χ4v) is 1.94. The molecule has 2 amide bonds. The van der Waals surface area contributed by atoms with Crippen LogP contribution in [0.1, 0.15) is 18.4 Å². The number of ether oxygens (including phenoxy) is 1. The van der Waals surface area contributed by atoms with Crippen molar-refractivity contribution in [1.82, 2.24) is 10.6 Å². The standard InChI is InChI=1S/C14H16N2O4/c1-9-3-2-4-10(7-9)20-13(18)8-15-14(19)11-5-6-12(17)16-11/h2-4,7,11H,5-6,8H2,1H3,(H,15,19)(H,16,17). The van der Waals surface area contributed by atoms with E-state index in [1.165, 1.54) is 0 Å². The predicted molar refractivity (Wildman–Crippen MR) is 71.0 cm³/mol. The van der Waals surface area contributed by atoms with E-state index < -0.39 is 12.0 Å². The first-order chi connectivity index (χ1) is 9.54. The molecule has 106 valence electrons. The zero-order chi connectivity index (χ0) is 14.5. The van der Waals surface area contributed by atoms with Crippen LogP contribution in [0.3, 0.4) is 0 Å². The predicted octanol–water partition coefficient (Wildman–Crippen LogP) is 0.295. The molecule has 1 atom stereocenters. The molecule has 1 unspecified atom stereocenters. The van der Waals surface area contributed by atoms with Gasteiger partial charge in [0, 0.05) is 6.42 Å². The Morgan fingerprint density at radius 1 is 1.45 bits per heavy atom. The normalized spacial score (nSPS) is 17.4. The second kappa shape index (κ2) is 6.18. The Morgan fingerprint density at radius 2 is 2.25 bits per heavy atom. The van der Waals surface area contributed by atoms with E-state index in [1.807, 2.05) is 13.0 Å². The number of benzene rings is 1. The van der Waals surface area contributed by atoms with Crippen LogP contribution in [-0.2, 0) is 14.4 Å². The highest BCUT2D eigenvalue weighted by atomic mass is 16.5. The van der Waals surface area contributed by atoms with Crippen molar-refractivity contribution in [2.75, 3.05) is 6.54 Å². The fraction of sp³-hybridized carbons (Fsp3) is 0.357. The SMILES string of the molecule is Cc1cccc(OC(=O)CNC(=O)C2CCC(=O)N2)c1. The van der Waals surface area contributed by atoms with Gasteiger partial charge in [0.1, 0.15) is 18.3 Å². The molecule has 1 aromatic carbocycles. The summed E-state index contributed by atoms with van der Waals surface area (Å²) in [6.45, 7) is 1.67. The summed E-state index contributed by atoms with van der Waals surface area (Å²) in [7, 11) is 0. The number of hydrogen-bond acceptors (Lipinski definition) is 4. The van der Waals surface area contributed by atoms with Crippen LogP contribution in [0.4, 0.5) is 0 Å². The highest BCUT2D eigenvalue weighted by molar-refractivity contribution is 5.92. The van der Waals surface area contributed by atoms with E-state index in [4.69, 9.17) is 4.74 Å². The molecule has 2 rings (SSSR count). The lowest BCUT2D eigenvalue weighted by molar-refractivity contribution is -0.136. The Kier molecular flexibility index (Phi) is 4.34. The summed E-state index contributed by atoms with van der Waals surface area (Å²) in [5, 5.41) is 4.98. The molecule has 6 nitrogen and oxygen atoms in total. The Bertz CT molecular complexity index is 542. The van der Waals surface area contributed by atoms with Crippen LogP contribution in [0.25, 0.3) is 0 Å². The Hall–Kier alpha value is -2.37. The number of amides is 2. The van der Waals surface area contributed by atoms with Gasteiger partial charge in [-0.3, -0.25) is 9.59 Å². The maximum absolute atomic E-state index is 11.7. The van der Waals surface area contributed by atoms with Crippen LogP contribution in [0.15, 0.2) is 24.3 Å². The van der Waals surface area contributed by atoms with E-state index in [-0.39, 0.29) is 18.4 Å². The number of nitrogens with one attached hydrogen (secondary N) is 2. The molecule has 0 aliphatic carbocycles. The first-order valence-corrected chi connectivity index (χ1v) is 6.39. The van der Waals surface area contributed by atoms with Crippen molar-refractivity contribution in [3.8, 4) is 5.75 Å². The molecular weight excluding hydrogens is 260 g/mol. The minimum atomic E-state index is -0.548. The molecule has 20 heavy (non-hydrogen) atoms. The molecule has 1 heterocycles. The van der Waals surface area contributed by atoms with E-state index in [0.29, 0.717) is 18.6 Å². The van der Waals surface area contributed by atoms with Crippen molar-refractivity contribution in [2.24, 2.45) is 0 Å². The molecule has 1 saturated heterocycles. The van der Waals surface area contributed by atoms with Gasteiger partial charge in [-0.15, -0.1) is 0 Å². The van der Waals surface area contributed by atoms with Crippen LogP contribution in [0.2, 0.25) is 0 Å². The third-order valence-electron chi connectivity index (χ3n) is 2.94. The average Bonchev–Trinajstić information content (AvgIpc) is 2.83. The number of rotatable bonds is 4. The monoisotopic (exact) mass is 276 g/mol. The number of carbonyl (C=O) groups is 3. The molecule has 0 spiro atoms. The summed E-state index contributed by atoms with van der Waals surface area (Å²) in [5.74, 6) is -0.615. The average molecular weight is 276 g/mol. The maximum Gasteiger partial charge on any atom is 0.330 e. The van der Waals surface area contributed by atoms with Crippen LogP contribution >= 0.6 is 0 Å². The van der Waals surface area contributed by atoms with E-state index in [1.54, 1.807) is 18.2 Å². The summed E-state index contributed by atoms with van der Waals surface area (Å²) < 4.78 is 5.09. The maximum atomic E-state index is 11.7. The van der Waals surface area contributed by atoms with Crippen molar-refractivity contribution in [3.63, 3.8) is 0 Å². The largest absolute Gasteiger partial charge is 0.425 e. The zero-order valence-corrected chi connectivity index (χ0v) is 11.1. The number of hydrogen-bond donors (Lipinski definition) is 2. The Balaban J connectivity index is 1.77.